The molecule has 0 amide bonds. The highest BCUT2D eigenvalue weighted by atomic mass is 16.3. The van der Waals surface area contributed by atoms with Gasteiger partial charge in [0, 0.05) is 31.8 Å². The third kappa shape index (κ3) is 7.34. The second kappa shape index (κ2) is 10.8. The van der Waals surface area contributed by atoms with Gasteiger partial charge < -0.3 is 10.4 Å². The van der Waals surface area contributed by atoms with E-state index < -0.39 is 0 Å². The Morgan fingerprint density at radius 3 is 2.06 bits per heavy atom. The Hall–Kier alpha value is -0.120. The monoisotopic (exact) mass is 258 g/mol. The Morgan fingerprint density at radius 2 is 1.67 bits per heavy atom. The summed E-state index contributed by atoms with van der Waals surface area (Å²) in [5, 5.41) is 12.6. The van der Waals surface area contributed by atoms with Gasteiger partial charge in [0.15, 0.2) is 0 Å². The first-order valence-corrected chi connectivity index (χ1v) is 7.67. The van der Waals surface area contributed by atoms with Crippen LogP contribution in [0.3, 0.4) is 0 Å². The summed E-state index contributed by atoms with van der Waals surface area (Å²) >= 11 is 0. The Labute approximate surface area is 114 Å². The molecule has 0 fully saturated rings. The fraction of sp³-hybridized carbons (Fsp3) is 1.00. The summed E-state index contributed by atoms with van der Waals surface area (Å²) in [4.78, 5) is 2.60. The third-order valence-electron chi connectivity index (χ3n) is 3.48. The fourth-order valence-corrected chi connectivity index (χ4v) is 2.63. The molecule has 18 heavy (non-hydrogen) atoms. The van der Waals surface area contributed by atoms with Crippen LogP contribution in [0, 0.1) is 5.92 Å². The lowest BCUT2D eigenvalue weighted by atomic mass is 10.1. The third-order valence-corrected chi connectivity index (χ3v) is 3.48. The SMILES string of the molecule is CCNC(CCO)CN(CC(C)C)C(CC)CC. The zero-order chi connectivity index (χ0) is 14.0. The lowest BCUT2D eigenvalue weighted by Gasteiger charge is -2.35. The molecule has 0 saturated heterocycles. The lowest BCUT2D eigenvalue weighted by Crippen LogP contribution is -2.47. The van der Waals surface area contributed by atoms with Gasteiger partial charge in [0.1, 0.15) is 0 Å². The molecule has 0 saturated carbocycles. The first kappa shape index (κ1) is 17.9. The first-order chi connectivity index (χ1) is 8.58. The molecule has 0 aromatic carbocycles. The lowest BCUT2D eigenvalue weighted by molar-refractivity contribution is 0.139. The Bertz CT molecular complexity index is 175. The molecule has 1 unspecified atom stereocenters. The number of likely N-dealkylation sites (N-methyl/N-ethyl adjacent to an activating group) is 1. The van der Waals surface area contributed by atoms with Crippen molar-refractivity contribution >= 4 is 0 Å². The number of aliphatic hydroxyl groups excluding tert-OH is 1. The van der Waals surface area contributed by atoms with Crippen molar-refractivity contribution in [1.29, 1.82) is 0 Å². The van der Waals surface area contributed by atoms with Crippen LogP contribution in [0.2, 0.25) is 0 Å². The van der Waals surface area contributed by atoms with Crippen molar-refractivity contribution < 1.29 is 5.11 Å². The van der Waals surface area contributed by atoms with Crippen LogP contribution in [-0.2, 0) is 0 Å². The highest BCUT2D eigenvalue weighted by Gasteiger charge is 2.19. The zero-order valence-electron chi connectivity index (χ0n) is 13.1. The predicted molar refractivity (Wildman–Crippen MR) is 79.9 cm³/mol. The summed E-state index contributed by atoms with van der Waals surface area (Å²) in [6.07, 6.45) is 3.27. The number of aliphatic hydroxyl groups is 1. The van der Waals surface area contributed by atoms with Crippen LogP contribution in [0.4, 0.5) is 0 Å². The van der Waals surface area contributed by atoms with Gasteiger partial charge in [-0.3, -0.25) is 4.90 Å². The van der Waals surface area contributed by atoms with Gasteiger partial charge in [-0.15, -0.1) is 0 Å². The van der Waals surface area contributed by atoms with E-state index in [-0.39, 0.29) is 6.61 Å². The van der Waals surface area contributed by atoms with Crippen LogP contribution in [0.25, 0.3) is 0 Å². The summed E-state index contributed by atoms with van der Waals surface area (Å²) in [5.74, 6) is 0.696. The van der Waals surface area contributed by atoms with E-state index in [0.717, 1.165) is 26.1 Å². The highest BCUT2D eigenvalue weighted by Crippen LogP contribution is 2.13. The van der Waals surface area contributed by atoms with Gasteiger partial charge in [0.2, 0.25) is 0 Å². The molecule has 0 aromatic heterocycles. The first-order valence-electron chi connectivity index (χ1n) is 7.67. The molecule has 0 aromatic rings. The molecule has 0 spiro atoms. The summed E-state index contributed by atoms with van der Waals surface area (Å²) < 4.78 is 0. The van der Waals surface area contributed by atoms with Crippen molar-refractivity contribution in [2.75, 3.05) is 26.2 Å². The molecule has 1 atom stereocenters. The molecule has 0 radical (unpaired) electrons. The molecule has 0 heterocycles. The second-order valence-corrected chi connectivity index (χ2v) is 5.58. The van der Waals surface area contributed by atoms with Crippen LogP contribution >= 0.6 is 0 Å². The Kier molecular flexibility index (Phi) is 10.7. The van der Waals surface area contributed by atoms with Crippen LogP contribution < -0.4 is 5.32 Å². The molecule has 0 rings (SSSR count). The molecule has 3 heteroatoms. The summed E-state index contributed by atoms with van der Waals surface area (Å²) in [5.41, 5.74) is 0. The van der Waals surface area contributed by atoms with Gasteiger partial charge in [0.05, 0.1) is 0 Å². The van der Waals surface area contributed by atoms with Crippen LogP contribution in [-0.4, -0.2) is 48.3 Å². The van der Waals surface area contributed by atoms with Crippen molar-refractivity contribution in [1.82, 2.24) is 10.2 Å². The molecular formula is C15H34N2O. The van der Waals surface area contributed by atoms with Gasteiger partial charge in [-0.05, 0) is 31.7 Å². The molecule has 0 aliphatic carbocycles. The standard InChI is InChI=1S/C15H34N2O/c1-6-15(7-2)17(11-13(4)5)12-14(9-10-18)16-8-3/h13-16,18H,6-12H2,1-5H3. The predicted octanol–water partition coefficient (Wildman–Crippen LogP) is 2.49. The van der Waals surface area contributed by atoms with E-state index in [4.69, 9.17) is 5.11 Å². The van der Waals surface area contributed by atoms with Crippen molar-refractivity contribution in [2.45, 2.75) is 66.0 Å². The molecular weight excluding hydrogens is 224 g/mol. The normalized spacial score (nSPS) is 13.8. The smallest absolute Gasteiger partial charge is 0.0446 e. The van der Waals surface area contributed by atoms with Gasteiger partial charge in [-0.25, -0.2) is 0 Å². The van der Waals surface area contributed by atoms with Crippen molar-refractivity contribution in [3.63, 3.8) is 0 Å². The van der Waals surface area contributed by atoms with Gasteiger partial charge in [0.25, 0.3) is 0 Å². The molecule has 0 bridgehead atoms. The van der Waals surface area contributed by atoms with E-state index in [9.17, 15) is 0 Å². The second-order valence-electron chi connectivity index (χ2n) is 5.58. The summed E-state index contributed by atoms with van der Waals surface area (Å²) in [6, 6.07) is 1.09. The van der Waals surface area contributed by atoms with E-state index in [1.54, 1.807) is 0 Å². The summed E-state index contributed by atoms with van der Waals surface area (Å²) in [6.45, 7) is 14.7. The van der Waals surface area contributed by atoms with Gasteiger partial charge >= 0.3 is 0 Å². The average Bonchev–Trinajstić information content (AvgIpc) is 2.30. The fourth-order valence-electron chi connectivity index (χ4n) is 2.63. The van der Waals surface area contributed by atoms with E-state index in [2.05, 4.69) is 44.8 Å². The average molecular weight is 258 g/mol. The van der Waals surface area contributed by atoms with E-state index in [0.29, 0.717) is 18.0 Å². The van der Waals surface area contributed by atoms with E-state index in [1.165, 1.54) is 12.8 Å². The van der Waals surface area contributed by atoms with Crippen molar-refractivity contribution in [3.8, 4) is 0 Å². The maximum absolute atomic E-state index is 9.15. The Balaban J connectivity index is 4.51. The maximum atomic E-state index is 9.15. The summed E-state index contributed by atoms with van der Waals surface area (Å²) in [7, 11) is 0. The van der Waals surface area contributed by atoms with Crippen molar-refractivity contribution in [3.05, 3.63) is 0 Å². The number of rotatable bonds is 11. The van der Waals surface area contributed by atoms with Crippen LogP contribution in [0.15, 0.2) is 0 Å². The van der Waals surface area contributed by atoms with E-state index >= 15 is 0 Å². The highest BCUT2D eigenvalue weighted by molar-refractivity contribution is 4.77. The van der Waals surface area contributed by atoms with E-state index in [1.807, 2.05) is 0 Å². The Morgan fingerprint density at radius 1 is 1.06 bits per heavy atom. The number of nitrogens with zero attached hydrogens (tertiary/aromatic N) is 1. The van der Waals surface area contributed by atoms with Crippen molar-refractivity contribution in [2.24, 2.45) is 5.92 Å². The molecule has 2 N–H and O–H groups in total. The zero-order valence-corrected chi connectivity index (χ0v) is 13.1. The number of hydrogen-bond donors (Lipinski definition) is 2. The molecule has 110 valence electrons. The quantitative estimate of drug-likeness (QED) is 0.598. The molecule has 0 aliphatic rings. The number of nitrogens with one attached hydrogen (secondary N) is 1. The van der Waals surface area contributed by atoms with Gasteiger partial charge in [-0.2, -0.15) is 0 Å². The van der Waals surface area contributed by atoms with Gasteiger partial charge in [-0.1, -0.05) is 34.6 Å². The minimum Gasteiger partial charge on any atom is -0.396 e. The number of hydrogen-bond acceptors (Lipinski definition) is 3. The maximum Gasteiger partial charge on any atom is 0.0446 e. The molecule has 3 nitrogen and oxygen atoms in total. The van der Waals surface area contributed by atoms with Crippen LogP contribution in [0.5, 0.6) is 0 Å². The largest absolute Gasteiger partial charge is 0.396 e. The molecule has 0 aliphatic heterocycles. The van der Waals surface area contributed by atoms with Crippen LogP contribution in [0.1, 0.15) is 53.9 Å². The topological polar surface area (TPSA) is 35.5 Å². The minimum atomic E-state index is 0.274. The minimum absolute atomic E-state index is 0.274.